The number of nitrogens with zero attached hydrogens (tertiary/aromatic N) is 1. The van der Waals surface area contributed by atoms with Gasteiger partial charge in [-0.2, -0.15) is 0 Å². The van der Waals surface area contributed by atoms with Crippen molar-refractivity contribution >= 4 is 46.3 Å². The number of alkyl halides is 1. The number of allylic oxidation sites excluding steroid dienone is 2. The second-order valence-electron chi connectivity index (χ2n) is 7.34. The van der Waals surface area contributed by atoms with E-state index in [4.69, 9.17) is 23.2 Å². The summed E-state index contributed by atoms with van der Waals surface area (Å²) in [6.07, 6.45) is 4.17. The molecular weight excluding hydrogens is 423 g/mol. The third kappa shape index (κ3) is 2.56. The molecule has 1 saturated heterocycles. The van der Waals surface area contributed by atoms with Crippen molar-refractivity contribution in [1.82, 2.24) is 5.32 Å². The minimum absolute atomic E-state index is 0.198. The van der Waals surface area contributed by atoms with E-state index in [1.165, 1.54) is 0 Å². The summed E-state index contributed by atoms with van der Waals surface area (Å²) in [5.41, 5.74) is 0.990. The minimum Gasteiger partial charge on any atom is -0.503 e. The highest BCUT2D eigenvalue weighted by Gasteiger charge is 2.62. The standard InChI is InChI=1S/C23H16Cl2N2O3/c24-14-6-4-5-13(11-14)19-20(28)21(29)26-23(19)17-10-9-15(25)12-18(17)27(22(23)30)16-7-2-1-3-8-16/h1-8,10-12,15,28H,9H2,(H,26,29). The van der Waals surface area contributed by atoms with E-state index in [0.717, 1.165) is 0 Å². The van der Waals surface area contributed by atoms with E-state index < -0.39 is 17.2 Å². The fraction of sp³-hybridized carbons (Fsp3) is 0.130. The van der Waals surface area contributed by atoms with E-state index in [2.05, 4.69) is 5.32 Å². The normalized spacial score (nSPS) is 25.4. The highest BCUT2D eigenvalue weighted by Crippen LogP contribution is 2.52. The summed E-state index contributed by atoms with van der Waals surface area (Å²) in [6, 6.07) is 15.9. The molecule has 7 heteroatoms. The van der Waals surface area contributed by atoms with Crippen LogP contribution in [0, 0.1) is 0 Å². The Hall–Kier alpha value is -3.02. The molecule has 5 nitrogen and oxygen atoms in total. The average molecular weight is 439 g/mol. The lowest BCUT2D eigenvalue weighted by molar-refractivity contribution is -0.125. The molecule has 1 fully saturated rings. The zero-order valence-electron chi connectivity index (χ0n) is 15.6. The smallest absolute Gasteiger partial charge is 0.287 e. The molecule has 150 valence electrons. The van der Waals surface area contributed by atoms with Gasteiger partial charge in [-0.3, -0.25) is 14.5 Å². The molecule has 1 spiro atoms. The van der Waals surface area contributed by atoms with Crippen molar-refractivity contribution in [3.05, 3.63) is 94.4 Å². The van der Waals surface area contributed by atoms with Crippen LogP contribution in [0.15, 0.2) is 83.8 Å². The molecule has 0 aromatic heterocycles. The van der Waals surface area contributed by atoms with Crippen LogP contribution in [0.4, 0.5) is 5.69 Å². The summed E-state index contributed by atoms with van der Waals surface area (Å²) < 4.78 is 0. The van der Waals surface area contributed by atoms with Crippen LogP contribution >= 0.6 is 23.2 Å². The van der Waals surface area contributed by atoms with E-state index in [9.17, 15) is 14.7 Å². The van der Waals surface area contributed by atoms with Crippen molar-refractivity contribution < 1.29 is 14.7 Å². The first-order chi connectivity index (χ1) is 14.4. The Balaban J connectivity index is 1.78. The first-order valence-electron chi connectivity index (χ1n) is 9.42. The van der Waals surface area contributed by atoms with Gasteiger partial charge in [-0.15, -0.1) is 11.6 Å². The monoisotopic (exact) mass is 438 g/mol. The van der Waals surface area contributed by atoms with Crippen molar-refractivity contribution in [3.8, 4) is 0 Å². The first-order valence-corrected chi connectivity index (χ1v) is 10.2. The number of halogens is 2. The maximum atomic E-state index is 14.0. The molecule has 0 bridgehead atoms. The van der Waals surface area contributed by atoms with Crippen LogP contribution in [0.25, 0.3) is 5.57 Å². The lowest BCUT2D eigenvalue weighted by Gasteiger charge is -2.27. The summed E-state index contributed by atoms with van der Waals surface area (Å²) >= 11 is 12.6. The SMILES string of the molecule is O=C1NC2(C(=O)N(c3ccccc3)C3=CC(Cl)CC=C32)C(c2cccc(Cl)c2)=C1O. The van der Waals surface area contributed by atoms with Crippen LogP contribution in [0.1, 0.15) is 12.0 Å². The van der Waals surface area contributed by atoms with Gasteiger partial charge in [0.15, 0.2) is 11.3 Å². The molecule has 2 N–H and O–H groups in total. The number of fused-ring (bicyclic) bond motifs is 2. The quantitative estimate of drug-likeness (QED) is 0.684. The summed E-state index contributed by atoms with van der Waals surface area (Å²) in [6.45, 7) is 0. The fourth-order valence-corrected chi connectivity index (χ4v) is 4.77. The molecule has 2 aromatic rings. The molecule has 2 unspecified atom stereocenters. The average Bonchev–Trinajstić information content (AvgIpc) is 3.13. The summed E-state index contributed by atoms with van der Waals surface area (Å²) in [5, 5.41) is 13.6. The zero-order valence-corrected chi connectivity index (χ0v) is 17.1. The number of hydrogen-bond donors (Lipinski definition) is 2. The Morgan fingerprint density at radius 2 is 1.87 bits per heavy atom. The van der Waals surface area contributed by atoms with E-state index in [-0.39, 0.29) is 16.9 Å². The molecule has 2 aromatic carbocycles. The van der Waals surface area contributed by atoms with E-state index >= 15 is 0 Å². The van der Waals surface area contributed by atoms with Gasteiger partial charge in [0.05, 0.1) is 11.1 Å². The number of hydrogen-bond acceptors (Lipinski definition) is 3. The van der Waals surface area contributed by atoms with Gasteiger partial charge in [0, 0.05) is 21.9 Å². The number of para-hydroxylation sites is 1. The molecular formula is C23H16Cl2N2O3. The maximum Gasteiger partial charge on any atom is 0.287 e. The van der Waals surface area contributed by atoms with Gasteiger partial charge in [0.1, 0.15) is 0 Å². The van der Waals surface area contributed by atoms with Crippen LogP contribution in [0.3, 0.4) is 0 Å². The highest BCUT2D eigenvalue weighted by molar-refractivity contribution is 6.31. The number of rotatable bonds is 2. The molecule has 5 rings (SSSR count). The van der Waals surface area contributed by atoms with Gasteiger partial charge in [0.2, 0.25) is 0 Å². The molecule has 30 heavy (non-hydrogen) atoms. The molecule has 2 amide bonds. The number of anilines is 1. The van der Waals surface area contributed by atoms with Gasteiger partial charge < -0.3 is 10.4 Å². The van der Waals surface area contributed by atoms with Crippen LogP contribution in [0.2, 0.25) is 5.02 Å². The Morgan fingerprint density at radius 1 is 1.10 bits per heavy atom. The largest absolute Gasteiger partial charge is 0.503 e. The van der Waals surface area contributed by atoms with Crippen molar-refractivity contribution in [3.63, 3.8) is 0 Å². The number of aliphatic hydroxyl groups excluding tert-OH is 1. The van der Waals surface area contributed by atoms with Gasteiger partial charge in [-0.25, -0.2) is 0 Å². The number of nitrogens with one attached hydrogen (secondary N) is 1. The topological polar surface area (TPSA) is 69.6 Å². The first kappa shape index (κ1) is 19.0. The minimum atomic E-state index is -1.55. The van der Waals surface area contributed by atoms with E-state index in [1.807, 2.05) is 42.5 Å². The second-order valence-corrected chi connectivity index (χ2v) is 8.33. The molecule has 2 atom stereocenters. The van der Waals surface area contributed by atoms with Crippen molar-refractivity contribution in [2.45, 2.75) is 17.3 Å². The third-order valence-corrected chi connectivity index (χ3v) is 6.13. The van der Waals surface area contributed by atoms with Crippen LogP contribution in [0.5, 0.6) is 0 Å². The number of benzene rings is 2. The molecule has 0 saturated carbocycles. The maximum absolute atomic E-state index is 14.0. The van der Waals surface area contributed by atoms with Crippen molar-refractivity contribution in [1.29, 1.82) is 0 Å². The van der Waals surface area contributed by atoms with Crippen LogP contribution in [-0.2, 0) is 9.59 Å². The van der Waals surface area contributed by atoms with Crippen molar-refractivity contribution in [2.75, 3.05) is 4.90 Å². The van der Waals surface area contributed by atoms with Gasteiger partial charge >= 0.3 is 0 Å². The number of carbonyl (C=O) groups excluding carboxylic acids is 2. The molecule has 1 aliphatic carbocycles. The lowest BCUT2D eigenvalue weighted by Crippen LogP contribution is -2.52. The Labute approximate surface area is 182 Å². The summed E-state index contributed by atoms with van der Waals surface area (Å²) in [7, 11) is 0. The lowest BCUT2D eigenvalue weighted by atomic mass is 9.79. The van der Waals surface area contributed by atoms with E-state index in [1.54, 1.807) is 29.2 Å². The highest BCUT2D eigenvalue weighted by atomic mass is 35.5. The second kappa shape index (κ2) is 6.76. The Morgan fingerprint density at radius 3 is 2.60 bits per heavy atom. The predicted octanol–water partition coefficient (Wildman–Crippen LogP) is 4.35. The Bertz CT molecular complexity index is 1190. The van der Waals surface area contributed by atoms with Crippen molar-refractivity contribution in [2.24, 2.45) is 0 Å². The van der Waals surface area contributed by atoms with Crippen LogP contribution < -0.4 is 10.2 Å². The predicted molar refractivity (Wildman–Crippen MR) is 116 cm³/mol. The van der Waals surface area contributed by atoms with Gasteiger partial charge in [-0.1, -0.05) is 48.0 Å². The summed E-state index contributed by atoms with van der Waals surface area (Å²) in [4.78, 5) is 28.2. The summed E-state index contributed by atoms with van der Waals surface area (Å²) in [5.74, 6) is -1.58. The number of carbonyl (C=O) groups is 2. The molecule has 2 heterocycles. The molecule has 0 radical (unpaired) electrons. The zero-order chi connectivity index (χ0) is 21.0. The fourth-order valence-electron chi connectivity index (χ4n) is 4.37. The van der Waals surface area contributed by atoms with Gasteiger partial charge in [-0.05, 0) is 42.3 Å². The molecule has 2 aliphatic heterocycles. The van der Waals surface area contributed by atoms with Gasteiger partial charge in [0.25, 0.3) is 11.8 Å². The third-order valence-electron chi connectivity index (χ3n) is 5.59. The number of amides is 2. The van der Waals surface area contributed by atoms with Crippen LogP contribution in [-0.4, -0.2) is 27.8 Å². The number of aliphatic hydroxyl groups is 1. The Kier molecular flexibility index (Phi) is 4.27. The van der Waals surface area contributed by atoms with E-state index in [0.29, 0.717) is 34.0 Å². The molecule has 3 aliphatic rings.